The third kappa shape index (κ3) is 9.43. The summed E-state index contributed by atoms with van der Waals surface area (Å²) in [6, 6.07) is 70.5. The number of benzene rings is 9. The average molecular weight is 972 g/mol. The van der Waals surface area contributed by atoms with Crippen molar-refractivity contribution in [3.63, 3.8) is 0 Å². The number of aromatic nitrogens is 1. The van der Waals surface area contributed by atoms with Crippen LogP contribution in [0.1, 0.15) is 17.2 Å². The molecule has 0 aliphatic carbocycles. The summed E-state index contributed by atoms with van der Waals surface area (Å²) in [6.45, 7) is 0.287. The minimum Gasteiger partial charge on any atom is -0.497 e. The zero-order valence-electron chi connectivity index (χ0n) is 40.3. The number of rotatable bonds is 17. The molecule has 0 radical (unpaired) electrons. The fraction of sp³-hybridized carbons (Fsp3) is 0.115. The van der Waals surface area contributed by atoms with Crippen molar-refractivity contribution in [3.05, 3.63) is 218 Å². The van der Waals surface area contributed by atoms with Crippen LogP contribution in [0.5, 0.6) is 23.0 Å². The lowest BCUT2D eigenvalue weighted by Crippen LogP contribution is -2.15. The molecule has 10 aromatic rings. The maximum atomic E-state index is 13.2. The van der Waals surface area contributed by atoms with Gasteiger partial charge in [-0.25, -0.2) is 0 Å². The van der Waals surface area contributed by atoms with Crippen molar-refractivity contribution in [2.24, 2.45) is 0 Å². The van der Waals surface area contributed by atoms with Crippen molar-refractivity contribution in [1.29, 1.82) is 0 Å². The largest absolute Gasteiger partial charge is 0.497 e. The quantitative estimate of drug-likeness (QED) is 0.0894. The summed E-state index contributed by atoms with van der Waals surface area (Å²) in [5.41, 5.74) is 12.1. The number of hydrogen-bond acceptors (Lipinski definition) is 8. The molecule has 0 bridgehead atoms. The Bertz CT molecular complexity index is 3270. The van der Waals surface area contributed by atoms with Crippen molar-refractivity contribution in [2.75, 3.05) is 38.2 Å². The first-order valence-electron chi connectivity index (χ1n) is 23.6. The first-order valence-corrected chi connectivity index (χ1v) is 25.1. The van der Waals surface area contributed by atoms with Gasteiger partial charge in [0.2, 0.25) is 0 Å². The van der Waals surface area contributed by atoms with E-state index in [1.165, 1.54) is 0 Å². The van der Waals surface area contributed by atoms with E-state index in [0.29, 0.717) is 5.56 Å². The molecule has 72 heavy (non-hydrogen) atoms. The van der Waals surface area contributed by atoms with Gasteiger partial charge >= 0.3 is 0 Å². The molecule has 0 saturated carbocycles. The van der Waals surface area contributed by atoms with Crippen LogP contribution in [0.3, 0.4) is 0 Å². The topological polar surface area (TPSA) is 103 Å². The van der Waals surface area contributed by atoms with Gasteiger partial charge in [-0.1, -0.05) is 91.0 Å². The van der Waals surface area contributed by atoms with Crippen molar-refractivity contribution >= 4 is 66.0 Å². The Balaban J connectivity index is 1.11. The molecule has 1 aromatic heterocycles. The van der Waals surface area contributed by atoms with E-state index in [1.54, 1.807) is 52.7 Å². The van der Waals surface area contributed by atoms with Gasteiger partial charge < -0.3 is 33.3 Å². The van der Waals surface area contributed by atoms with Crippen LogP contribution >= 0.6 is 0 Å². The summed E-state index contributed by atoms with van der Waals surface area (Å²) >= 11 is 0. The molecule has 1 atom stereocenters. The number of para-hydroxylation sites is 2. The Morgan fingerprint density at radius 3 is 1.04 bits per heavy atom. The van der Waals surface area contributed by atoms with Crippen LogP contribution in [0.15, 0.2) is 212 Å². The molecule has 0 spiro atoms. The lowest BCUT2D eigenvalue weighted by Gasteiger charge is -2.26. The SMILES string of the molecule is COc1ccc(N(c2ccc(OC)cc2)c2ccc(-c3cccc4c5cccc(-c6ccc(N(c7ccc(OC)cc7)c7ccc(OC)cc7)cc6)c5n(CCC(c5ccccc5)S(=O)(=O)O)c34)cc2)cc1. The first-order chi connectivity index (χ1) is 35.1. The number of nitrogens with zero attached hydrogens (tertiary/aromatic N) is 3. The third-order valence-electron chi connectivity index (χ3n) is 13.2. The van der Waals surface area contributed by atoms with Gasteiger partial charge in [-0.3, -0.25) is 4.55 Å². The van der Waals surface area contributed by atoms with Crippen LogP contribution in [0.2, 0.25) is 0 Å². The Morgan fingerprint density at radius 1 is 0.417 bits per heavy atom. The van der Waals surface area contributed by atoms with Crippen molar-refractivity contribution in [2.45, 2.75) is 18.2 Å². The van der Waals surface area contributed by atoms with E-state index in [2.05, 4.69) is 99.3 Å². The maximum Gasteiger partial charge on any atom is 0.272 e. The Kier molecular flexibility index (Phi) is 13.4. The number of fused-ring (bicyclic) bond motifs is 3. The molecule has 360 valence electrons. The van der Waals surface area contributed by atoms with E-state index in [4.69, 9.17) is 18.9 Å². The van der Waals surface area contributed by atoms with Crippen molar-refractivity contribution < 1.29 is 31.9 Å². The van der Waals surface area contributed by atoms with Crippen molar-refractivity contribution in [1.82, 2.24) is 4.57 Å². The first kappa shape index (κ1) is 47.2. The second-order valence-corrected chi connectivity index (χ2v) is 18.9. The fourth-order valence-corrected chi connectivity index (χ4v) is 10.6. The third-order valence-corrected chi connectivity index (χ3v) is 14.5. The standard InChI is InChI=1S/C61H53N3O7S/c1-68-51-32-24-47(25-33-51)63(48-26-34-52(69-2)35-27-48)45-20-16-42(17-21-45)55-12-8-14-57-58-15-9-13-56(61(58)62(60(55)57)41-40-59(72(65,66)67)44-10-6-5-7-11-44)43-18-22-46(23-19-43)64(49-28-36-53(70-3)37-29-49)50-30-38-54(71-4)39-31-50/h5-39,59H,40-41H2,1-4H3,(H,65,66,67). The minimum atomic E-state index is -4.49. The van der Waals surface area contributed by atoms with Crippen LogP contribution in [-0.2, 0) is 16.7 Å². The molecule has 1 heterocycles. The van der Waals surface area contributed by atoms with Gasteiger partial charge in [-0.05, 0) is 144 Å². The zero-order valence-corrected chi connectivity index (χ0v) is 41.2. The lowest BCUT2D eigenvalue weighted by atomic mass is 9.99. The molecule has 1 unspecified atom stereocenters. The maximum absolute atomic E-state index is 13.2. The molecule has 11 heteroatoms. The van der Waals surface area contributed by atoms with Gasteiger partial charge in [0.15, 0.2) is 0 Å². The molecule has 0 aliphatic rings. The summed E-state index contributed by atoms with van der Waals surface area (Å²) in [4.78, 5) is 4.37. The smallest absolute Gasteiger partial charge is 0.272 e. The molecule has 0 fully saturated rings. The Morgan fingerprint density at radius 2 is 0.736 bits per heavy atom. The summed E-state index contributed by atoms with van der Waals surface area (Å²) < 4.78 is 61.4. The van der Waals surface area contributed by atoms with Gasteiger partial charge in [-0.15, -0.1) is 0 Å². The summed E-state index contributed by atoms with van der Waals surface area (Å²) in [6.07, 6.45) is 0.125. The zero-order chi connectivity index (χ0) is 49.8. The van der Waals surface area contributed by atoms with Crippen molar-refractivity contribution in [3.8, 4) is 45.3 Å². The molecule has 0 amide bonds. The average Bonchev–Trinajstić information content (AvgIpc) is 3.76. The highest BCUT2D eigenvalue weighted by atomic mass is 32.2. The van der Waals surface area contributed by atoms with Crippen LogP contribution in [-0.4, -0.2) is 46.0 Å². The Hall–Kier alpha value is -8.51. The number of ether oxygens (including phenoxy) is 4. The molecule has 0 aliphatic heterocycles. The number of anilines is 6. The summed E-state index contributed by atoms with van der Waals surface area (Å²) in [5.74, 6) is 3.06. The fourth-order valence-electron chi connectivity index (χ4n) is 9.71. The minimum absolute atomic E-state index is 0.125. The van der Waals surface area contributed by atoms with E-state index in [9.17, 15) is 13.0 Å². The predicted octanol–water partition coefficient (Wildman–Crippen LogP) is 15.1. The molecular weight excluding hydrogens is 919 g/mol. The lowest BCUT2D eigenvalue weighted by molar-refractivity contribution is 0.414. The number of aryl methyl sites for hydroxylation is 1. The predicted molar refractivity (Wildman–Crippen MR) is 291 cm³/mol. The monoisotopic (exact) mass is 971 g/mol. The molecule has 1 N–H and O–H groups in total. The van der Waals surface area contributed by atoms with Crippen LogP contribution in [0, 0.1) is 0 Å². The second-order valence-electron chi connectivity index (χ2n) is 17.3. The molecule has 9 aromatic carbocycles. The van der Waals surface area contributed by atoms with E-state index in [0.717, 1.165) is 101 Å². The van der Waals surface area contributed by atoms with E-state index in [-0.39, 0.29) is 13.0 Å². The van der Waals surface area contributed by atoms with Gasteiger partial charge in [0.05, 0.1) is 39.5 Å². The van der Waals surface area contributed by atoms with E-state index < -0.39 is 15.4 Å². The van der Waals surface area contributed by atoms with Gasteiger partial charge in [0.1, 0.15) is 28.2 Å². The number of methoxy groups -OCH3 is 4. The molecule has 10 nitrogen and oxygen atoms in total. The molecule has 0 saturated heterocycles. The highest BCUT2D eigenvalue weighted by Crippen LogP contribution is 2.44. The number of hydrogen-bond donors (Lipinski definition) is 1. The second kappa shape index (κ2) is 20.4. The summed E-state index contributed by atoms with van der Waals surface area (Å²) in [7, 11) is 2.15. The summed E-state index contributed by atoms with van der Waals surface area (Å²) in [5, 5.41) is 0.903. The normalized spacial score (nSPS) is 11.8. The van der Waals surface area contributed by atoms with Gasteiger partial charge in [0.25, 0.3) is 10.1 Å². The van der Waals surface area contributed by atoms with Crippen LogP contribution in [0.25, 0.3) is 44.1 Å². The van der Waals surface area contributed by atoms with Gasteiger partial charge in [0, 0.05) is 62.6 Å². The Labute approximate surface area is 420 Å². The van der Waals surface area contributed by atoms with E-state index >= 15 is 0 Å². The highest BCUT2D eigenvalue weighted by molar-refractivity contribution is 7.86. The molecule has 10 rings (SSSR count). The van der Waals surface area contributed by atoms with Gasteiger partial charge in [-0.2, -0.15) is 8.42 Å². The van der Waals surface area contributed by atoms with Crippen LogP contribution in [0.4, 0.5) is 34.1 Å². The van der Waals surface area contributed by atoms with Crippen LogP contribution < -0.4 is 28.7 Å². The highest BCUT2D eigenvalue weighted by Gasteiger charge is 2.27. The molecular formula is C61H53N3O7S. The van der Waals surface area contributed by atoms with E-state index in [1.807, 2.05) is 103 Å².